The summed E-state index contributed by atoms with van der Waals surface area (Å²) in [4.78, 5) is 23.7. The molecule has 128 valence electrons. The maximum atomic E-state index is 12.8. The molecule has 5 nitrogen and oxygen atoms in total. The van der Waals surface area contributed by atoms with E-state index in [2.05, 4.69) is 10.6 Å². The number of nitrogens with one attached hydrogen (secondary N) is 2. The first-order valence-electron chi connectivity index (χ1n) is 6.82. The smallest absolute Gasteiger partial charge is 0.416 e. The number of rotatable bonds is 3. The van der Waals surface area contributed by atoms with E-state index in [4.69, 9.17) is 4.74 Å². The molecule has 0 aliphatic heterocycles. The summed E-state index contributed by atoms with van der Waals surface area (Å²) in [6.45, 7) is 4.89. The molecule has 0 aliphatic carbocycles. The lowest BCUT2D eigenvalue weighted by atomic mass is 10.0. The summed E-state index contributed by atoms with van der Waals surface area (Å²) in [6.07, 6.45) is -5.45. The summed E-state index contributed by atoms with van der Waals surface area (Å²) < 4.78 is 43.4. The van der Waals surface area contributed by atoms with Gasteiger partial charge in [-0.1, -0.05) is 12.1 Å². The zero-order valence-electron chi connectivity index (χ0n) is 13.2. The van der Waals surface area contributed by atoms with Crippen molar-refractivity contribution in [2.45, 2.75) is 38.6 Å². The average molecular weight is 332 g/mol. The van der Waals surface area contributed by atoms with Gasteiger partial charge in [0.1, 0.15) is 11.6 Å². The van der Waals surface area contributed by atoms with Crippen molar-refractivity contribution in [1.29, 1.82) is 0 Å². The largest absolute Gasteiger partial charge is 0.444 e. The molecule has 0 aromatic heterocycles. The van der Waals surface area contributed by atoms with Gasteiger partial charge in [-0.3, -0.25) is 4.79 Å². The van der Waals surface area contributed by atoms with Crippen LogP contribution in [0.3, 0.4) is 0 Å². The highest BCUT2D eigenvalue weighted by Crippen LogP contribution is 2.30. The number of hydrogen-bond donors (Lipinski definition) is 2. The highest BCUT2D eigenvalue weighted by Gasteiger charge is 2.32. The van der Waals surface area contributed by atoms with E-state index in [1.807, 2.05) is 0 Å². The predicted octanol–water partition coefficient (Wildman–Crippen LogP) is 3.02. The zero-order chi connectivity index (χ0) is 17.8. The molecule has 1 rings (SSSR count). The van der Waals surface area contributed by atoms with Crippen LogP contribution in [0.4, 0.5) is 18.0 Å². The van der Waals surface area contributed by atoms with Crippen molar-refractivity contribution >= 4 is 12.0 Å². The first-order valence-corrected chi connectivity index (χ1v) is 6.82. The van der Waals surface area contributed by atoms with Crippen LogP contribution in [0.2, 0.25) is 0 Å². The van der Waals surface area contributed by atoms with Crippen LogP contribution in [-0.2, 0) is 15.7 Å². The second-order valence-electron chi connectivity index (χ2n) is 5.82. The summed E-state index contributed by atoms with van der Waals surface area (Å²) in [5.74, 6) is -0.657. The van der Waals surface area contributed by atoms with E-state index in [0.29, 0.717) is 0 Å². The van der Waals surface area contributed by atoms with Crippen molar-refractivity contribution in [2.75, 3.05) is 7.05 Å². The van der Waals surface area contributed by atoms with E-state index >= 15 is 0 Å². The molecule has 1 unspecified atom stereocenters. The summed E-state index contributed by atoms with van der Waals surface area (Å²) >= 11 is 0. The maximum Gasteiger partial charge on any atom is 0.416 e. The molecule has 0 bridgehead atoms. The molecule has 0 aliphatic rings. The first-order chi connectivity index (χ1) is 10.4. The van der Waals surface area contributed by atoms with Crippen LogP contribution in [0.1, 0.15) is 37.9 Å². The van der Waals surface area contributed by atoms with Crippen molar-refractivity contribution in [1.82, 2.24) is 10.6 Å². The Balaban J connectivity index is 3.08. The summed E-state index contributed by atoms with van der Waals surface area (Å²) in [5.41, 5.74) is -1.70. The van der Waals surface area contributed by atoms with Crippen LogP contribution in [0.15, 0.2) is 24.3 Å². The van der Waals surface area contributed by atoms with E-state index < -0.39 is 35.4 Å². The third-order valence-electron chi connectivity index (χ3n) is 2.72. The number of carbonyl (C=O) groups is 2. The number of amides is 2. The number of benzene rings is 1. The van der Waals surface area contributed by atoms with Crippen LogP contribution in [0.25, 0.3) is 0 Å². The first kappa shape index (κ1) is 18.8. The zero-order valence-corrected chi connectivity index (χ0v) is 13.2. The van der Waals surface area contributed by atoms with Gasteiger partial charge in [0.2, 0.25) is 5.91 Å². The van der Waals surface area contributed by atoms with Crippen molar-refractivity contribution in [2.24, 2.45) is 0 Å². The van der Waals surface area contributed by atoms with Gasteiger partial charge in [0.05, 0.1) is 5.56 Å². The second-order valence-corrected chi connectivity index (χ2v) is 5.82. The van der Waals surface area contributed by atoms with Crippen molar-refractivity contribution < 1.29 is 27.5 Å². The Hall–Kier alpha value is -2.25. The van der Waals surface area contributed by atoms with E-state index in [0.717, 1.165) is 12.1 Å². The normalized spacial score (nSPS) is 13.2. The summed E-state index contributed by atoms with van der Waals surface area (Å²) in [5, 5.41) is 4.58. The Morgan fingerprint density at radius 1 is 1.17 bits per heavy atom. The monoisotopic (exact) mass is 332 g/mol. The number of alkyl carbamates (subject to hydrolysis) is 1. The van der Waals surface area contributed by atoms with Crippen LogP contribution in [0, 0.1) is 0 Å². The van der Waals surface area contributed by atoms with Crippen molar-refractivity contribution in [3.05, 3.63) is 35.4 Å². The van der Waals surface area contributed by atoms with Gasteiger partial charge in [0.25, 0.3) is 0 Å². The Labute approximate surface area is 132 Å². The van der Waals surface area contributed by atoms with Crippen molar-refractivity contribution in [3.63, 3.8) is 0 Å². The molecular formula is C15H19F3N2O3. The number of ether oxygens (including phenoxy) is 1. The third kappa shape index (κ3) is 5.80. The molecule has 0 radical (unpaired) electrons. The number of alkyl halides is 3. The fourth-order valence-corrected chi connectivity index (χ4v) is 1.76. The SMILES string of the molecule is CNC(=O)C(NC(=O)OC(C)(C)C)c1cccc(C(F)(F)F)c1. The van der Waals surface area contributed by atoms with Crippen LogP contribution in [-0.4, -0.2) is 24.6 Å². The molecule has 1 aromatic carbocycles. The third-order valence-corrected chi connectivity index (χ3v) is 2.72. The molecule has 0 saturated heterocycles. The van der Waals surface area contributed by atoms with E-state index in [9.17, 15) is 22.8 Å². The molecule has 0 heterocycles. The number of hydrogen-bond acceptors (Lipinski definition) is 3. The quantitative estimate of drug-likeness (QED) is 0.894. The predicted molar refractivity (Wildman–Crippen MR) is 77.6 cm³/mol. The highest BCUT2D eigenvalue weighted by atomic mass is 19.4. The van der Waals surface area contributed by atoms with Gasteiger partial charge in [0.15, 0.2) is 0 Å². The van der Waals surface area contributed by atoms with Gasteiger partial charge in [-0.2, -0.15) is 13.2 Å². The van der Waals surface area contributed by atoms with Crippen LogP contribution < -0.4 is 10.6 Å². The van der Waals surface area contributed by atoms with E-state index in [1.165, 1.54) is 19.2 Å². The number of carbonyl (C=O) groups excluding carboxylic acids is 2. The van der Waals surface area contributed by atoms with Gasteiger partial charge < -0.3 is 15.4 Å². The Morgan fingerprint density at radius 3 is 2.26 bits per heavy atom. The molecule has 2 amide bonds. The van der Waals surface area contributed by atoms with E-state index in [-0.39, 0.29) is 5.56 Å². The number of halogens is 3. The highest BCUT2D eigenvalue weighted by molar-refractivity contribution is 5.86. The number of likely N-dealkylation sites (N-methyl/N-ethyl adjacent to an activating group) is 1. The Morgan fingerprint density at radius 2 is 1.78 bits per heavy atom. The van der Waals surface area contributed by atoms with Gasteiger partial charge in [-0.15, -0.1) is 0 Å². The molecule has 8 heteroatoms. The summed E-state index contributed by atoms with van der Waals surface area (Å²) in [7, 11) is 1.32. The molecule has 1 atom stereocenters. The molecule has 1 aromatic rings. The molecule has 0 fully saturated rings. The molecular weight excluding hydrogens is 313 g/mol. The van der Waals surface area contributed by atoms with Gasteiger partial charge in [-0.05, 0) is 38.5 Å². The van der Waals surface area contributed by atoms with Gasteiger partial charge >= 0.3 is 12.3 Å². The summed E-state index contributed by atoms with van der Waals surface area (Å²) in [6, 6.07) is 2.91. The fraction of sp³-hybridized carbons (Fsp3) is 0.467. The standard InChI is InChI=1S/C15H19F3N2O3/c1-14(2,3)23-13(22)20-11(12(21)19-4)9-6-5-7-10(8-9)15(16,17)18/h5-8,11H,1-4H3,(H,19,21)(H,20,22). The Kier molecular flexibility index (Phi) is 5.63. The minimum Gasteiger partial charge on any atom is -0.444 e. The second kappa shape index (κ2) is 6.89. The van der Waals surface area contributed by atoms with Gasteiger partial charge in [0, 0.05) is 7.05 Å². The lowest BCUT2D eigenvalue weighted by molar-refractivity contribution is -0.137. The molecule has 0 spiro atoms. The minimum atomic E-state index is -4.55. The molecule has 23 heavy (non-hydrogen) atoms. The lowest BCUT2D eigenvalue weighted by Gasteiger charge is -2.23. The average Bonchev–Trinajstić information content (AvgIpc) is 2.41. The van der Waals surface area contributed by atoms with Crippen molar-refractivity contribution in [3.8, 4) is 0 Å². The fourth-order valence-electron chi connectivity index (χ4n) is 1.76. The molecule has 2 N–H and O–H groups in total. The van der Waals surface area contributed by atoms with Crippen LogP contribution >= 0.6 is 0 Å². The van der Waals surface area contributed by atoms with Gasteiger partial charge in [-0.25, -0.2) is 4.79 Å². The van der Waals surface area contributed by atoms with Crippen LogP contribution in [0.5, 0.6) is 0 Å². The molecule has 0 saturated carbocycles. The topological polar surface area (TPSA) is 67.4 Å². The van der Waals surface area contributed by atoms with E-state index in [1.54, 1.807) is 20.8 Å². The maximum absolute atomic E-state index is 12.8. The Bertz CT molecular complexity index is 580. The lowest BCUT2D eigenvalue weighted by Crippen LogP contribution is -2.41. The minimum absolute atomic E-state index is 0.00466.